The van der Waals surface area contributed by atoms with Crippen LogP contribution in [0.5, 0.6) is 0 Å². The Labute approximate surface area is 119 Å². The van der Waals surface area contributed by atoms with Crippen LogP contribution in [0.1, 0.15) is 12.5 Å². The van der Waals surface area contributed by atoms with Gasteiger partial charge in [0, 0.05) is 31.4 Å². The minimum Gasteiger partial charge on any atom is -0.398 e. The molecule has 2 N–H and O–H groups in total. The molecule has 1 atom stereocenters. The van der Waals surface area contributed by atoms with Gasteiger partial charge in [0.15, 0.2) is 0 Å². The van der Waals surface area contributed by atoms with Crippen molar-refractivity contribution in [3.05, 3.63) is 23.5 Å². The maximum absolute atomic E-state index is 14.0. The summed E-state index contributed by atoms with van der Waals surface area (Å²) >= 11 is 0. The molecule has 1 aliphatic rings. The smallest absolute Gasteiger partial charge is 0.246 e. The molecule has 0 saturated carbocycles. The quantitative estimate of drug-likeness (QED) is 0.829. The number of rotatable bonds is 2. The van der Waals surface area contributed by atoms with E-state index in [0.29, 0.717) is 25.2 Å². The summed E-state index contributed by atoms with van der Waals surface area (Å²) in [6.07, 6.45) is 0. The zero-order chi connectivity index (χ0) is 15.1. The standard InChI is InChI=1S/C13H20FN3O2S/c1-9-6-11(14)13(7-12(9)15)20(18,19)17-5-4-16(3)8-10(17)2/h6-7,10H,4-5,8,15H2,1-3H3. The topological polar surface area (TPSA) is 66.6 Å². The van der Waals surface area contributed by atoms with Crippen molar-refractivity contribution in [1.82, 2.24) is 9.21 Å². The van der Waals surface area contributed by atoms with Crippen LogP contribution in [-0.2, 0) is 10.0 Å². The first kappa shape index (κ1) is 15.2. The van der Waals surface area contributed by atoms with E-state index in [0.717, 1.165) is 0 Å². The molecule has 0 spiro atoms. The number of aryl methyl sites for hydroxylation is 1. The first-order chi connectivity index (χ1) is 9.23. The largest absolute Gasteiger partial charge is 0.398 e. The van der Waals surface area contributed by atoms with Crippen molar-refractivity contribution in [2.24, 2.45) is 0 Å². The van der Waals surface area contributed by atoms with Gasteiger partial charge in [0.1, 0.15) is 10.7 Å². The van der Waals surface area contributed by atoms with Gasteiger partial charge in [-0.25, -0.2) is 12.8 Å². The van der Waals surface area contributed by atoms with Crippen LogP contribution in [-0.4, -0.2) is 50.3 Å². The van der Waals surface area contributed by atoms with Crippen molar-refractivity contribution in [2.75, 3.05) is 32.4 Å². The van der Waals surface area contributed by atoms with Crippen molar-refractivity contribution in [3.8, 4) is 0 Å². The summed E-state index contributed by atoms with van der Waals surface area (Å²) < 4.78 is 40.6. The summed E-state index contributed by atoms with van der Waals surface area (Å²) in [6, 6.07) is 2.19. The van der Waals surface area contributed by atoms with Gasteiger partial charge in [-0.2, -0.15) is 4.31 Å². The van der Waals surface area contributed by atoms with Crippen LogP contribution >= 0.6 is 0 Å². The Morgan fingerprint density at radius 3 is 2.60 bits per heavy atom. The lowest BCUT2D eigenvalue weighted by Gasteiger charge is -2.37. The molecule has 20 heavy (non-hydrogen) atoms. The number of benzene rings is 1. The maximum atomic E-state index is 14.0. The molecule has 7 heteroatoms. The number of nitrogens with two attached hydrogens (primary N) is 1. The minimum absolute atomic E-state index is 0.194. The molecule has 1 heterocycles. The number of sulfonamides is 1. The number of nitrogens with zero attached hydrogens (tertiary/aromatic N) is 2. The monoisotopic (exact) mass is 301 g/mol. The molecule has 0 radical (unpaired) electrons. The minimum atomic E-state index is -3.85. The fourth-order valence-corrected chi connectivity index (χ4v) is 4.17. The second-order valence-corrected chi connectivity index (χ2v) is 7.23. The molecule has 1 fully saturated rings. The van der Waals surface area contributed by atoms with Gasteiger partial charge in [-0.15, -0.1) is 0 Å². The predicted octanol–water partition coefficient (Wildman–Crippen LogP) is 1.04. The fraction of sp³-hybridized carbons (Fsp3) is 0.538. The highest BCUT2D eigenvalue weighted by molar-refractivity contribution is 7.89. The highest BCUT2D eigenvalue weighted by Crippen LogP contribution is 2.26. The highest BCUT2D eigenvalue weighted by Gasteiger charge is 2.34. The van der Waals surface area contributed by atoms with Gasteiger partial charge in [-0.1, -0.05) is 0 Å². The highest BCUT2D eigenvalue weighted by atomic mass is 32.2. The van der Waals surface area contributed by atoms with Crippen molar-refractivity contribution in [2.45, 2.75) is 24.8 Å². The molecule has 1 aromatic rings. The van der Waals surface area contributed by atoms with Gasteiger partial charge >= 0.3 is 0 Å². The zero-order valence-corrected chi connectivity index (χ0v) is 12.7. The molecule has 1 aliphatic heterocycles. The van der Waals surface area contributed by atoms with Crippen LogP contribution in [0.15, 0.2) is 17.0 Å². The lowest BCUT2D eigenvalue weighted by molar-refractivity contribution is 0.170. The van der Waals surface area contributed by atoms with Gasteiger partial charge in [0.05, 0.1) is 0 Å². The van der Waals surface area contributed by atoms with Crippen molar-refractivity contribution >= 4 is 15.7 Å². The molecule has 0 bridgehead atoms. The Morgan fingerprint density at radius 2 is 2.00 bits per heavy atom. The Hall–Kier alpha value is -1.18. The number of halogens is 1. The number of likely N-dealkylation sites (N-methyl/N-ethyl adjacent to an activating group) is 1. The van der Waals surface area contributed by atoms with E-state index >= 15 is 0 Å². The molecule has 0 aromatic heterocycles. The Morgan fingerprint density at radius 1 is 1.35 bits per heavy atom. The summed E-state index contributed by atoms with van der Waals surface area (Å²) in [7, 11) is -1.92. The number of anilines is 1. The van der Waals surface area contributed by atoms with E-state index in [-0.39, 0.29) is 16.6 Å². The Balaban J connectivity index is 2.43. The molecule has 1 saturated heterocycles. The van der Waals surface area contributed by atoms with Gasteiger partial charge in [-0.05, 0) is 38.6 Å². The first-order valence-electron chi connectivity index (χ1n) is 6.49. The van der Waals surface area contributed by atoms with Crippen LogP contribution < -0.4 is 5.73 Å². The molecule has 1 unspecified atom stereocenters. The van der Waals surface area contributed by atoms with Crippen molar-refractivity contribution in [3.63, 3.8) is 0 Å². The van der Waals surface area contributed by atoms with E-state index in [1.807, 2.05) is 14.0 Å². The number of piperazine rings is 1. The van der Waals surface area contributed by atoms with Crippen LogP contribution in [0, 0.1) is 12.7 Å². The fourth-order valence-electron chi connectivity index (χ4n) is 2.47. The van der Waals surface area contributed by atoms with Gasteiger partial charge in [-0.3, -0.25) is 0 Å². The van der Waals surface area contributed by atoms with Gasteiger partial charge < -0.3 is 10.6 Å². The van der Waals surface area contributed by atoms with Crippen molar-refractivity contribution in [1.29, 1.82) is 0 Å². The number of nitrogen functional groups attached to an aromatic ring is 1. The molecule has 5 nitrogen and oxygen atoms in total. The first-order valence-corrected chi connectivity index (χ1v) is 7.93. The van der Waals surface area contributed by atoms with Crippen LogP contribution in [0.25, 0.3) is 0 Å². The van der Waals surface area contributed by atoms with Crippen molar-refractivity contribution < 1.29 is 12.8 Å². The summed E-state index contributed by atoms with van der Waals surface area (Å²) in [5.41, 5.74) is 6.53. The number of hydrogen-bond acceptors (Lipinski definition) is 4. The third kappa shape index (κ3) is 2.65. The van der Waals surface area contributed by atoms with Gasteiger partial charge in [0.25, 0.3) is 0 Å². The van der Waals surface area contributed by atoms with E-state index in [4.69, 9.17) is 5.73 Å². The van der Waals surface area contributed by atoms with E-state index in [9.17, 15) is 12.8 Å². The molecular formula is C13H20FN3O2S. The third-order valence-electron chi connectivity index (χ3n) is 3.68. The molecule has 1 aromatic carbocycles. The summed E-state index contributed by atoms with van der Waals surface area (Å²) in [6.45, 7) is 5.08. The number of hydrogen-bond donors (Lipinski definition) is 1. The Bertz CT molecular complexity index is 618. The molecular weight excluding hydrogens is 281 g/mol. The average Bonchev–Trinajstić information content (AvgIpc) is 2.33. The second-order valence-electron chi connectivity index (χ2n) is 5.37. The zero-order valence-electron chi connectivity index (χ0n) is 11.9. The predicted molar refractivity (Wildman–Crippen MR) is 76.4 cm³/mol. The van der Waals surface area contributed by atoms with E-state index in [1.54, 1.807) is 6.92 Å². The molecule has 0 aliphatic carbocycles. The third-order valence-corrected chi connectivity index (χ3v) is 5.71. The van der Waals surface area contributed by atoms with E-state index in [2.05, 4.69) is 4.90 Å². The van der Waals surface area contributed by atoms with E-state index in [1.165, 1.54) is 16.4 Å². The molecule has 2 rings (SSSR count). The van der Waals surface area contributed by atoms with E-state index < -0.39 is 15.8 Å². The normalized spacial score (nSPS) is 22.1. The average molecular weight is 301 g/mol. The maximum Gasteiger partial charge on any atom is 0.246 e. The SMILES string of the molecule is Cc1cc(F)c(S(=O)(=O)N2CCN(C)CC2C)cc1N. The summed E-state index contributed by atoms with van der Waals surface area (Å²) in [4.78, 5) is 1.72. The lowest BCUT2D eigenvalue weighted by Crippen LogP contribution is -2.52. The molecule has 0 amide bonds. The summed E-state index contributed by atoms with van der Waals surface area (Å²) in [5, 5.41) is 0. The van der Waals surface area contributed by atoms with Crippen LogP contribution in [0.3, 0.4) is 0 Å². The summed E-state index contributed by atoms with van der Waals surface area (Å²) in [5.74, 6) is -0.747. The lowest BCUT2D eigenvalue weighted by atomic mass is 10.2. The van der Waals surface area contributed by atoms with Gasteiger partial charge in [0.2, 0.25) is 10.0 Å². The molecule has 112 valence electrons. The Kier molecular flexibility index (Phi) is 4.04. The van der Waals surface area contributed by atoms with Crippen LogP contribution in [0.2, 0.25) is 0 Å². The van der Waals surface area contributed by atoms with Crippen LogP contribution in [0.4, 0.5) is 10.1 Å². The second kappa shape index (κ2) is 5.31.